The number of hydrogen-bond acceptors (Lipinski definition) is 3. The maximum atomic E-state index is 8.54. The van der Waals surface area contributed by atoms with Crippen LogP contribution in [0.25, 0.3) is 0 Å². The van der Waals surface area contributed by atoms with E-state index in [2.05, 4.69) is 11.7 Å². The Hall–Kier alpha value is -0.120. The van der Waals surface area contributed by atoms with E-state index in [0.29, 0.717) is 6.61 Å². The largest absolute Gasteiger partial charge is 0.346 e. The van der Waals surface area contributed by atoms with E-state index in [9.17, 15) is 0 Å². The molecule has 0 aliphatic carbocycles. The molecule has 0 unspecified atom stereocenters. The molecule has 158 valence electrons. The number of aliphatic hydroxyl groups excluding tert-OH is 1. The van der Waals surface area contributed by atoms with Crippen LogP contribution < -0.4 is 0 Å². The van der Waals surface area contributed by atoms with Crippen LogP contribution in [0, 0.1) is 0 Å². The van der Waals surface area contributed by atoms with E-state index in [1.807, 2.05) is 0 Å². The molecule has 0 aromatic carbocycles. The van der Waals surface area contributed by atoms with Gasteiger partial charge in [0, 0.05) is 0 Å². The fraction of sp³-hybridized carbons (Fsp3) is 1.00. The lowest BCUT2D eigenvalue weighted by molar-refractivity contribution is -0.234. The predicted molar refractivity (Wildman–Crippen MR) is 112 cm³/mol. The molecule has 0 saturated heterocycles. The first-order valence-electron chi connectivity index (χ1n) is 11.7. The highest BCUT2D eigenvalue weighted by Gasteiger charge is 1.97. The quantitative estimate of drug-likeness (QED) is 0.157. The summed E-state index contributed by atoms with van der Waals surface area (Å²) >= 11 is 0. The molecule has 0 spiro atoms. The van der Waals surface area contributed by atoms with Gasteiger partial charge in [-0.25, -0.2) is 0 Å². The van der Waals surface area contributed by atoms with Gasteiger partial charge in [0.2, 0.25) is 0 Å². The van der Waals surface area contributed by atoms with Gasteiger partial charge in [0.1, 0.15) is 0 Å². The average Bonchev–Trinajstić information content (AvgIpc) is 2.62. The molecule has 0 heterocycles. The van der Waals surface area contributed by atoms with Crippen LogP contribution in [0.15, 0.2) is 0 Å². The summed E-state index contributed by atoms with van der Waals surface area (Å²) in [6.07, 6.45) is 27.4. The molecule has 2 N–H and O–H groups in total. The van der Waals surface area contributed by atoms with Crippen molar-refractivity contribution in [3.05, 3.63) is 0 Å². The van der Waals surface area contributed by atoms with Gasteiger partial charge in [-0.2, -0.15) is 0 Å². The van der Waals surface area contributed by atoms with E-state index in [4.69, 9.17) is 10.2 Å². The highest BCUT2D eigenvalue weighted by molar-refractivity contribution is 4.50. The average molecular weight is 373 g/mol. The Morgan fingerprint density at radius 2 is 0.731 bits per heavy atom. The van der Waals surface area contributed by atoms with E-state index in [1.54, 1.807) is 0 Å². The number of rotatable bonds is 22. The van der Waals surface area contributed by atoms with E-state index in [1.165, 1.54) is 116 Å². The van der Waals surface area contributed by atoms with Crippen molar-refractivity contribution in [1.82, 2.24) is 0 Å². The molecule has 0 atom stereocenters. The fourth-order valence-corrected chi connectivity index (χ4v) is 3.55. The van der Waals surface area contributed by atoms with Crippen molar-refractivity contribution in [3.8, 4) is 0 Å². The van der Waals surface area contributed by atoms with Gasteiger partial charge in [0.15, 0.2) is 0 Å². The van der Waals surface area contributed by atoms with Crippen LogP contribution >= 0.6 is 0 Å². The summed E-state index contributed by atoms with van der Waals surface area (Å²) < 4.78 is 4.69. The summed E-state index contributed by atoms with van der Waals surface area (Å²) in [6.45, 7) is 1.14. The van der Waals surface area contributed by atoms with Crippen LogP contribution in [-0.2, 0) is 4.74 Å². The molecule has 3 nitrogen and oxygen atoms in total. The third kappa shape index (κ3) is 23.9. The van der Waals surface area contributed by atoms with Crippen LogP contribution in [0.2, 0.25) is 0 Å². The predicted octanol–water partition coefficient (Wildman–Crippen LogP) is 7.09. The van der Waals surface area contributed by atoms with Crippen molar-refractivity contribution in [2.75, 3.05) is 6.61 Å². The summed E-state index contributed by atoms with van der Waals surface area (Å²) in [5.74, 6) is 0. The second kappa shape index (κ2) is 22.9. The number of unbranched alkanes of at least 4 members (excludes halogenated alkanes) is 19. The van der Waals surface area contributed by atoms with E-state index in [-0.39, 0.29) is 0 Å². The second-order valence-corrected chi connectivity index (χ2v) is 7.91. The molecular weight excluding hydrogens is 324 g/mol. The summed E-state index contributed by atoms with van der Waals surface area (Å²) in [7, 11) is 0. The molecule has 0 amide bonds. The van der Waals surface area contributed by atoms with Gasteiger partial charge in [0.05, 0.1) is 6.61 Å². The molecule has 0 bridgehead atoms. The minimum absolute atomic E-state index is 0.455. The van der Waals surface area contributed by atoms with E-state index >= 15 is 0 Å². The third-order valence-corrected chi connectivity index (χ3v) is 5.26. The Morgan fingerprint density at radius 3 is 1.00 bits per heavy atom. The van der Waals surface area contributed by atoms with Gasteiger partial charge in [-0.1, -0.05) is 129 Å². The van der Waals surface area contributed by atoms with Crippen LogP contribution in [0.3, 0.4) is 0 Å². The SMILES string of the molecule is CCCCCCCCCCCCCCCCCCCCCCOC(O)O. The first-order chi connectivity index (χ1) is 12.8. The molecule has 0 radical (unpaired) electrons. The van der Waals surface area contributed by atoms with Crippen LogP contribution in [0.4, 0.5) is 0 Å². The van der Waals surface area contributed by atoms with Crippen molar-refractivity contribution >= 4 is 0 Å². The summed E-state index contributed by atoms with van der Waals surface area (Å²) in [5, 5.41) is 17.1. The van der Waals surface area contributed by atoms with Gasteiger partial charge in [-0.05, 0) is 6.42 Å². The van der Waals surface area contributed by atoms with E-state index in [0.717, 1.165) is 12.8 Å². The molecule has 0 aliphatic rings. The lowest BCUT2D eigenvalue weighted by atomic mass is 10.0. The van der Waals surface area contributed by atoms with Crippen LogP contribution in [0.1, 0.15) is 135 Å². The molecule has 0 saturated carbocycles. The third-order valence-electron chi connectivity index (χ3n) is 5.26. The molecule has 26 heavy (non-hydrogen) atoms. The Kier molecular flexibility index (Phi) is 22.8. The van der Waals surface area contributed by atoms with Gasteiger partial charge < -0.3 is 14.9 Å². The zero-order valence-corrected chi connectivity index (χ0v) is 17.7. The summed E-state index contributed by atoms with van der Waals surface area (Å²) in [5.41, 5.74) is 0. The molecule has 0 rings (SSSR count). The van der Waals surface area contributed by atoms with Crippen molar-refractivity contribution < 1.29 is 14.9 Å². The Morgan fingerprint density at radius 1 is 0.462 bits per heavy atom. The number of aliphatic hydroxyl groups is 2. The Labute approximate surface area is 163 Å². The maximum Gasteiger partial charge on any atom is 0.266 e. The van der Waals surface area contributed by atoms with Gasteiger partial charge in [-0.15, -0.1) is 0 Å². The molecular formula is C23H48O3. The monoisotopic (exact) mass is 372 g/mol. The minimum Gasteiger partial charge on any atom is -0.346 e. The van der Waals surface area contributed by atoms with Crippen molar-refractivity contribution in [2.45, 2.75) is 142 Å². The number of ether oxygens (including phenoxy) is 1. The lowest BCUT2D eigenvalue weighted by Crippen LogP contribution is -2.10. The first-order valence-corrected chi connectivity index (χ1v) is 11.7. The van der Waals surface area contributed by atoms with Crippen LogP contribution in [-0.4, -0.2) is 23.3 Å². The molecule has 3 heteroatoms. The molecule has 0 aromatic heterocycles. The smallest absolute Gasteiger partial charge is 0.266 e. The van der Waals surface area contributed by atoms with Gasteiger partial charge in [-0.3, -0.25) is 0 Å². The lowest BCUT2D eigenvalue weighted by Gasteiger charge is -2.05. The molecule has 0 fully saturated rings. The second-order valence-electron chi connectivity index (χ2n) is 7.91. The van der Waals surface area contributed by atoms with Crippen molar-refractivity contribution in [2.24, 2.45) is 0 Å². The topological polar surface area (TPSA) is 49.7 Å². The molecule has 0 aromatic rings. The summed E-state index contributed by atoms with van der Waals surface area (Å²) in [4.78, 5) is 0. The first kappa shape index (κ1) is 25.9. The van der Waals surface area contributed by atoms with Crippen molar-refractivity contribution in [3.63, 3.8) is 0 Å². The fourth-order valence-electron chi connectivity index (χ4n) is 3.55. The highest BCUT2D eigenvalue weighted by atomic mass is 16.7. The zero-order valence-electron chi connectivity index (χ0n) is 17.7. The van der Waals surface area contributed by atoms with E-state index < -0.39 is 6.48 Å². The van der Waals surface area contributed by atoms with Crippen molar-refractivity contribution in [1.29, 1.82) is 0 Å². The normalized spacial score (nSPS) is 11.5. The maximum absolute atomic E-state index is 8.54. The standard InChI is InChI=1S/C23H48O3/c1-2-3-4-5-6-7-8-9-10-11-12-13-14-15-16-17-18-19-20-21-22-26-23(24)25/h23-25H,2-22H2,1H3. The van der Waals surface area contributed by atoms with Crippen LogP contribution in [0.5, 0.6) is 0 Å². The zero-order chi connectivity index (χ0) is 19.1. The minimum atomic E-state index is -1.60. The molecule has 0 aliphatic heterocycles. The summed E-state index contributed by atoms with van der Waals surface area (Å²) in [6, 6.07) is 0. The van der Waals surface area contributed by atoms with Gasteiger partial charge in [0.25, 0.3) is 6.48 Å². The highest BCUT2D eigenvalue weighted by Crippen LogP contribution is 2.14. The Bertz CT molecular complexity index is 244. The number of hydrogen-bond donors (Lipinski definition) is 2. The van der Waals surface area contributed by atoms with Gasteiger partial charge >= 0.3 is 0 Å². The Balaban J connectivity index is 2.97.